The van der Waals surface area contributed by atoms with Crippen molar-refractivity contribution >= 4 is 17.8 Å². The van der Waals surface area contributed by atoms with Gasteiger partial charge in [0.25, 0.3) is 5.91 Å². The third kappa shape index (κ3) is 3.39. The smallest absolute Gasteiger partial charge is 0.335 e. The van der Waals surface area contributed by atoms with E-state index in [2.05, 4.69) is 5.32 Å². The molecule has 0 atom stereocenters. The maximum Gasteiger partial charge on any atom is 0.335 e. The van der Waals surface area contributed by atoms with Crippen molar-refractivity contribution in [3.8, 4) is 0 Å². The first kappa shape index (κ1) is 15.0. The minimum atomic E-state index is -1.05. The van der Waals surface area contributed by atoms with Gasteiger partial charge >= 0.3 is 5.97 Å². The van der Waals surface area contributed by atoms with Crippen molar-refractivity contribution in [2.75, 3.05) is 20.1 Å². The van der Waals surface area contributed by atoms with Gasteiger partial charge in [0.15, 0.2) is 0 Å². The fraction of sp³-hybridized carbons (Fsp3) is 0.400. The van der Waals surface area contributed by atoms with Crippen LogP contribution in [0.5, 0.6) is 0 Å². The van der Waals surface area contributed by atoms with Crippen LogP contribution in [0.25, 0.3) is 0 Å². The van der Waals surface area contributed by atoms with Crippen molar-refractivity contribution < 1.29 is 19.5 Å². The molecule has 0 aliphatic carbocycles. The molecule has 1 aromatic rings. The SMILES string of the molecule is CNC(=O)C1CCN(C(=O)c2cccc(C(=O)O)c2)CC1. The topological polar surface area (TPSA) is 86.7 Å². The Bertz CT molecular complexity index is 563. The minimum absolute atomic E-state index is 0.00923. The van der Waals surface area contributed by atoms with E-state index in [4.69, 9.17) is 5.11 Å². The molecule has 0 saturated carbocycles. The monoisotopic (exact) mass is 290 g/mol. The highest BCUT2D eigenvalue weighted by Crippen LogP contribution is 2.19. The van der Waals surface area contributed by atoms with Crippen molar-refractivity contribution in [2.24, 2.45) is 5.92 Å². The van der Waals surface area contributed by atoms with Gasteiger partial charge in [-0.1, -0.05) is 6.07 Å². The van der Waals surface area contributed by atoms with Crippen LogP contribution in [0.1, 0.15) is 33.6 Å². The molecule has 21 heavy (non-hydrogen) atoms. The summed E-state index contributed by atoms with van der Waals surface area (Å²) in [5.41, 5.74) is 0.467. The largest absolute Gasteiger partial charge is 0.478 e. The first-order chi connectivity index (χ1) is 10.0. The Balaban J connectivity index is 2.03. The third-order valence-corrected chi connectivity index (χ3v) is 3.76. The van der Waals surface area contributed by atoms with Crippen LogP contribution in [0.2, 0.25) is 0 Å². The molecular weight excluding hydrogens is 272 g/mol. The van der Waals surface area contributed by atoms with E-state index in [1.165, 1.54) is 12.1 Å². The van der Waals surface area contributed by atoms with Gasteiger partial charge < -0.3 is 15.3 Å². The number of rotatable bonds is 3. The van der Waals surface area contributed by atoms with E-state index in [1.54, 1.807) is 24.1 Å². The highest BCUT2D eigenvalue weighted by atomic mass is 16.4. The zero-order chi connectivity index (χ0) is 15.4. The zero-order valence-corrected chi connectivity index (χ0v) is 11.8. The van der Waals surface area contributed by atoms with Crippen LogP contribution < -0.4 is 5.32 Å². The van der Waals surface area contributed by atoms with Crippen LogP contribution >= 0.6 is 0 Å². The van der Waals surface area contributed by atoms with Gasteiger partial charge in [0, 0.05) is 31.6 Å². The number of carboxylic acids is 1. The Kier molecular flexibility index (Phi) is 4.57. The molecule has 6 heteroatoms. The van der Waals surface area contributed by atoms with Crippen LogP contribution in [0.3, 0.4) is 0 Å². The van der Waals surface area contributed by atoms with Gasteiger partial charge in [0.1, 0.15) is 0 Å². The maximum atomic E-state index is 12.4. The van der Waals surface area contributed by atoms with E-state index in [9.17, 15) is 14.4 Å². The fourth-order valence-electron chi connectivity index (χ4n) is 2.52. The highest BCUT2D eigenvalue weighted by molar-refractivity contribution is 5.97. The number of nitrogens with one attached hydrogen (secondary N) is 1. The van der Waals surface area contributed by atoms with E-state index in [-0.39, 0.29) is 23.3 Å². The molecule has 6 nitrogen and oxygen atoms in total. The number of carbonyl (C=O) groups is 3. The van der Waals surface area contributed by atoms with Crippen LogP contribution in [-0.2, 0) is 4.79 Å². The lowest BCUT2D eigenvalue weighted by molar-refractivity contribution is -0.125. The summed E-state index contributed by atoms with van der Waals surface area (Å²) in [4.78, 5) is 36.5. The third-order valence-electron chi connectivity index (χ3n) is 3.76. The summed E-state index contributed by atoms with van der Waals surface area (Å²) >= 11 is 0. The molecule has 2 amide bonds. The zero-order valence-electron chi connectivity index (χ0n) is 11.8. The lowest BCUT2D eigenvalue weighted by Gasteiger charge is -2.31. The Morgan fingerprint density at radius 1 is 1.19 bits per heavy atom. The summed E-state index contributed by atoms with van der Waals surface area (Å²) in [6.45, 7) is 1.02. The molecule has 0 radical (unpaired) electrons. The van der Waals surface area contributed by atoms with Gasteiger partial charge in [-0.2, -0.15) is 0 Å². The molecule has 0 unspecified atom stereocenters. The summed E-state index contributed by atoms with van der Waals surface area (Å²) in [6, 6.07) is 6.01. The van der Waals surface area contributed by atoms with Crippen molar-refractivity contribution in [3.05, 3.63) is 35.4 Å². The van der Waals surface area contributed by atoms with Crippen molar-refractivity contribution in [1.82, 2.24) is 10.2 Å². The Labute approximate surface area is 122 Å². The number of piperidine rings is 1. The van der Waals surface area contributed by atoms with E-state index in [1.807, 2.05) is 0 Å². The molecule has 1 heterocycles. The van der Waals surface area contributed by atoms with E-state index >= 15 is 0 Å². The van der Waals surface area contributed by atoms with Gasteiger partial charge in [-0.3, -0.25) is 9.59 Å². The molecule has 112 valence electrons. The number of benzene rings is 1. The number of hydrogen-bond donors (Lipinski definition) is 2. The van der Waals surface area contributed by atoms with Gasteiger partial charge in [-0.05, 0) is 31.0 Å². The average Bonchev–Trinajstić information content (AvgIpc) is 2.53. The number of likely N-dealkylation sites (tertiary alicyclic amines) is 1. The number of nitrogens with zero attached hydrogens (tertiary/aromatic N) is 1. The fourth-order valence-corrected chi connectivity index (χ4v) is 2.52. The van der Waals surface area contributed by atoms with Crippen LogP contribution in [0.4, 0.5) is 0 Å². The molecule has 2 rings (SSSR count). The molecular formula is C15H18N2O4. The summed E-state index contributed by atoms with van der Waals surface area (Å²) in [5.74, 6) is -1.28. The van der Waals surface area contributed by atoms with E-state index < -0.39 is 5.97 Å². The molecule has 1 aliphatic heterocycles. The number of amides is 2. The Hall–Kier alpha value is -2.37. The molecule has 1 aromatic carbocycles. The van der Waals surface area contributed by atoms with Gasteiger partial charge in [0.05, 0.1) is 5.56 Å². The first-order valence-corrected chi connectivity index (χ1v) is 6.87. The van der Waals surface area contributed by atoms with Gasteiger partial charge in [0.2, 0.25) is 5.91 Å². The van der Waals surface area contributed by atoms with Crippen LogP contribution in [0, 0.1) is 5.92 Å². The predicted octanol–water partition coefficient (Wildman–Crippen LogP) is 0.983. The lowest BCUT2D eigenvalue weighted by atomic mass is 9.95. The Morgan fingerprint density at radius 3 is 2.38 bits per heavy atom. The van der Waals surface area contributed by atoms with Crippen molar-refractivity contribution in [2.45, 2.75) is 12.8 Å². The standard InChI is InChI=1S/C15H18N2O4/c1-16-13(18)10-5-7-17(8-6-10)14(19)11-3-2-4-12(9-11)15(20)21/h2-4,9-10H,5-8H2,1H3,(H,16,18)(H,20,21). The summed E-state index contributed by atoms with van der Waals surface area (Å²) in [7, 11) is 1.61. The minimum Gasteiger partial charge on any atom is -0.478 e. The van der Waals surface area contributed by atoms with E-state index in [0.717, 1.165) is 0 Å². The molecule has 2 N–H and O–H groups in total. The highest BCUT2D eigenvalue weighted by Gasteiger charge is 2.27. The second kappa shape index (κ2) is 6.39. The van der Waals surface area contributed by atoms with Gasteiger partial charge in [-0.15, -0.1) is 0 Å². The number of carboxylic acid groups (broad SMARTS) is 1. The van der Waals surface area contributed by atoms with Gasteiger partial charge in [-0.25, -0.2) is 4.79 Å². The quantitative estimate of drug-likeness (QED) is 0.869. The molecule has 0 spiro atoms. The maximum absolute atomic E-state index is 12.4. The summed E-state index contributed by atoms with van der Waals surface area (Å²) < 4.78 is 0. The molecule has 1 saturated heterocycles. The summed E-state index contributed by atoms with van der Waals surface area (Å²) in [6.07, 6.45) is 1.26. The van der Waals surface area contributed by atoms with Crippen LogP contribution in [-0.4, -0.2) is 47.9 Å². The van der Waals surface area contributed by atoms with E-state index in [0.29, 0.717) is 31.5 Å². The number of aromatic carboxylic acids is 1. The lowest BCUT2D eigenvalue weighted by Crippen LogP contribution is -2.42. The molecule has 1 fully saturated rings. The first-order valence-electron chi connectivity index (χ1n) is 6.87. The molecule has 1 aliphatic rings. The predicted molar refractivity (Wildman–Crippen MR) is 76.1 cm³/mol. The molecule has 0 aromatic heterocycles. The Morgan fingerprint density at radius 2 is 1.81 bits per heavy atom. The average molecular weight is 290 g/mol. The second-order valence-electron chi connectivity index (χ2n) is 5.07. The van der Waals surface area contributed by atoms with Crippen molar-refractivity contribution in [3.63, 3.8) is 0 Å². The summed E-state index contributed by atoms with van der Waals surface area (Å²) in [5, 5.41) is 11.6. The molecule has 0 bridgehead atoms. The normalized spacial score (nSPS) is 15.6. The second-order valence-corrected chi connectivity index (χ2v) is 5.07. The number of carbonyl (C=O) groups excluding carboxylic acids is 2. The number of hydrogen-bond acceptors (Lipinski definition) is 3. The van der Waals surface area contributed by atoms with Crippen LogP contribution in [0.15, 0.2) is 24.3 Å². The van der Waals surface area contributed by atoms with Crippen molar-refractivity contribution in [1.29, 1.82) is 0 Å².